The summed E-state index contributed by atoms with van der Waals surface area (Å²) in [4.78, 5) is 24.5. The van der Waals surface area contributed by atoms with Crippen molar-refractivity contribution in [2.24, 2.45) is 5.92 Å². The van der Waals surface area contributed by atoms with Crippen molar-refractivity contribution in [3.05, 3.63) is 35.1 Å². The van der Waals surface area contributed by atoms with Gasteiger partial charge in [-0.05, 0) is 63.6 Å². The molecule has 132 valence electrons. The van der Waals surface area contributed by atoms with E-state index in [1.165, 1.54) is 6.07 Å². The van der Waals surface area contributed by atoms with E-state index in [0.717, 1.165) is 18.9 Å². The topological polar surface area (TPSA) is 66.8 Å². The molecule has 1 aromatic rings. The lowest BCUT2D eigenvalue weighted by atomic mass is 9.90. The van der Waals surface area contributed by atoms with E-state index in [2.05, 4.69) is 0 Å². The number of carboxylic acid groups (broad SMARTS) is 1. The fourth-order valence-electron chi connectivity index (χ4n) is 2.80. The average molecular weight is 337 g/mol. The van der Waals surface area contributed by atoms with Crippen LogP contribution in [0.15, 0.2) is 18.2 Å². The monoisotopic (exact) mass is 337 g/mol. The van der Waals surface area contributed by atoms with Crippen molar-refractivity contribution >= 4 is 12.1 Å². The van der Waals surface area contributed by atoms with Crippen LogP contribution >= 0.6 is 0 Å². The fraction of sp³-hybridized carbons (Fsp3) is 0.556. The summed E-state index contributed by atoms with van der Waals surface area (Å²) < 4.78 is 19.4. The van der Waals surface area contributed by atoms with E-state index < -0.39 is 17.4 Å². The standard InChI is InChI=1S/C18H24FNO4/c1-18(2,3)24-17(23)20-8-6-12(7-9-20)10-13-4-5-14(16(21)22)11-15(13)19/h4-5,11-12H,6-10H2,1-3H3,(H,21,22). The highest BCUT2D eigenvalue weighted by atomic mass is 19.1. The first-order valence-electron chi connectivity index (χ1n) is 8.15. The zero-order chi connectivity index (χ0) is 17.9. The van der Waals surface area contributed by atoms with E-state index in [4.69, 9.17) is 9.84 Å². The lowest BCUT2D eigenvalue weighted by molar-refractivity contribution is 0.0184. The molecule has 0 aliphatic carbocycles. The van der Waals surface area contributed by atoms with Crippen LogP contribution in [-0.2, 0) is 11.2 Å². The molecule has 0 unspecified atom stereocenters. The smallest absolute Gasteiger partial charge is 0.410 e. The molecule has 0 bridgehead atoms. The summed E-state index contributed by atoms with van der Waals surface area (Å²) in [6.07, 6.45) is 1.80. The number of carboxylic acids is 1. The molecule has 0 aromatic heterocycles. The van der Waals surface area contributed by atoms with Gasteiger partial charge in [0.25, 0.3) is 0 Å². The molecular formula is C18H24FNO4. The summed E-state index contributed by atoms with van der Waals surface area (Å²) in [6.45, 7) is 6.69. The predicted octanol–water partition coefficient (Wildman–Crippen LogP) is 3.71. The Bertz CT molecular complexity index is 616. The van der Waals surface area contributed by atoms with Crippen molar-refractivity contribution in [3.8, 4) is 0 Å². The Kier molecular flexibility index (Phi) is 5.47. The van der Waals surface area contributed by atoms with E-state index in [0.29, 0.717) is 25.1 Å². The number of hydrogen-bond acceptors (Lipinski definition) is 3. The Morgan fingerprint density at radius 1 is 1.29 bits per heavy atom. The predicted molar refractivity (Wildman–Crippen MR) is 87.6 cm³/mol. The summed E-state index contributed by atoms with van der Waals surface area (Å²) in [5.41, 5.74) is -0.0325. The molecule has 1 N–H and O–H groups in total. The Balaban J connectivity index is 1.89. The third kappa shape index (κ3) is 4.94. The minimum Gasteiger partial charge on any atom is -0.478 e. The zero-order valence-corrected chi connectivity index (χ0v) is 14.3. The molecule has 5 nitrogen and oxygen atoms in total. The lowest BCUT2D eigenvalue weighted by Gasteiger charge is -2.33. The largest absolute Gasteiger partial charge is 0.478 e. The van der Waals surface area contributed by atoms with Gasteiger partial charge in [0.15, 0.2) is 0 Å². The van der Waals surface area contributed by atoms with Crippen molar-refractivity contribution in [2.45, 2.75) is 45.6 Å². The molecule has 1 heterocycles. The van der Waals surface area contributed by atoms with Gasteiger partial charge in [0.2, 0.25) is 0 Å². The van der Waals surface area contributed by atoms with Gasteiger partial charge in [0, 0.05) is 13.1 Å². The number of piperidine rings is 1. The van der Waals surface area contributed by atoms with Crippen LogP contribution in [0.5, 0.6) is 0 Å². The van der Waals surface area contributed by atoms with Crippen LogP contribution < -0.4 is 0 Å². The van der Waals surface area contributed by atoms with Gasteiger partial charge in [-0.2, -0.15) is 0 Å². The molecular weight excluding hydrogens is 313 g/mol. The number of halogens is 1. The van der Waals surface area contributed by atoms with E-state index in [-0.39, 0.29) is 17.6 Å². The molecule has 1 amide bonds. The number of hydrogen-bond donors (Lipinski definition) is 1. The van der Waals surface area contributed by atoms with Crippen LogP contribution in [0.4, 0.5) is 9.18 Å². The maximum absolute atomic E-state index is 14.0. The Morgan fingerprint density at radius 3 is 2.42 bits per heavy atom. The SMILES string of the molecule is CC(C)(C)OC(=O)N1CCC(Cc2ccc(C(=O)O)cc2F)CC1. The minimum absolute atomic E-state index is 0.0454. The lowest BCUT2D eigenvalue weighted by Crippen LogP contribution is -2.42. The number of aromatic carboxylic acids is 1. The molecule has 0 spiro atoms. The highest BCUT2D eigenvalue weighted by molar-refractivity contribution is 5.87. The van der Waals surface area contributed by atoms with Gasteiger partial charge in [-0.15, -0.1) is 0 Å². The van der Waals surface area contributed by atoms with Gasteiger partial charge >= 0.3 is 12.1 Å². The highest BCUT2D eigenvalue weighted by Gasteiger charge is 2.27. The number of likely N-dealkylation sites (tertiary alicyclic amines) is 1. The Morgan fingerprint density at radius 2 is 1.92 bits per heavy atom. The average Bonchev–Trinajstić information content (AvgIpc) is 2.48. The first-order valence-corrected chi connectivity index (χ1v) is 8.15. The van der Waals surface area contributed by atoms with Crippen molar-refractivity contribution in [1.29, 1.82) is 0 Å². The molecule has 1 aromatic carbocycles. The van der Waals surface area contributed by atoms with E-state index in [9.17, 15) is 14.0 Å². The second-order valence-electron chi connectivity index (χ2n) is 7.23. The normalized spacial score (nSPS) is 16.1. The fourth-order valence-corrected chi connectivity index (χ4v) is 2.80. The molecule has 0 radical (unpaired) electrons. The zero-order valence-electron chi connectivity index (χ0n) is 14.3. The summed E-state index contributed by atoms with van der Waals surface area (Å²) in [7, 11) is 0. The first kappa shape index (κ1) is 18.2. The Labute approximate surface area is 141 Å². The van der Waals surface area contributed by atoms with Gasteiger partial charge in [-0.3, -0.25) is 0 Å². The Hall–Kier alpha value is -2.11. The molecule has 0 saturated carbocycles. The van der Waals surface area contributed by atoms with Crippen LogP contribution in [0.3, 0.4) is 0 Å². The second kappa shape index (κ2) is 7.20. The molecule has 24 heavy (non-hydrogen) atoms. The highest BCUT2D eigenvalue weighted by Crippen LogP contribution is 2.24. The van der Waals surface area contributed by atoms with Gasteiger partial charge in [-0.25, -0.2) is 14.0 Å². The maximum atomic E-state index is 14.0. The number of rotatable bonds is 3. The number of carbonyl (C=O) groups is 2. The number of ether oxygens (including phenoxy) is 1. The summed E-state index contributed by atoms with van der Waals surface area (Å²) >= 11 is 0. The van der Waals surface area contributed by atoms with Crippen molar-refractivity contribution in [1.82, 2.24) is 4.90 Å². The van der Waals surface area contributed by atoms with E-state index >= 15 is 0 Å². The number of benzene rings is 1. The van der Waals surface area contributed by atoms with Crippen LogP contribution in [-0.4, -0.2) is 40.8 Å². The van der Waals surface area contributed by atoms with Crippen molar-refractivity contribution < 1.29 is 23.8 Å². The van der Waals surface area contributed by atoms with E-state index in [1.807, 2.05) is 20.8 Å². The first-order chi connectivity index (χ1) is 11.2. The summed E-state index contributed by atoms with van der Waals surface area (Å²) in [6, 6.07) is 4.03. The number of carbonyl (C=O) groups excluding carboxylic acids is 1. The van der Waals surface area contributed by atoms with Crippen LogP contribution in [0.2, 0.25) is 0 Å². The van der Waals surface area contributed by atoms with Gasteiger partial charge in [0.1, 0.15) is 11.4 Å². The molecule has 0 atom stereocenters. The maximum Gasteiger partial charge on any atom is 0.410 e. The second-order valence-corrected chi connectivity index (χ2v) is 7.23. The molecule has 1 fully saturated rings. The molecule has 6 heteroatoms. The third-order valence-electron chi connectivity index (χ3n) is 4.07. The van der Waals surface area contributed by atoms with Gasteiger partial charge in [0.05, 0.1) is 5.56 Å². The number of amides is 1. The molecule has 1 saturated heterocycles. The van der Waals surface area contributed by atoms with Crippen molar-refractivity contribution in [3.63, 3.8) is 0 Å². The quantitative estimate of drug-likeness (QED) is 0.913. The third-order valence-corrected chi connectivity index (χ3v) is 4.07. The van der Waals surface area contributed by atoms with Crippen LogP contribution in [0.1, 0.15) is 49.5 Å². The molecule has 1 aliphatic rings. The number of nitrogens with zero attached hydrogens (tertiary/aromatic N) is 1. The van der Waals surface area contributed by atoms with Crippen LogP contribution in [0, 0.1) is 11.7 Å². The van der Waals surface area contributed by atoms with Gasteiger partial charge in [-0.1, -0.05) is 6.07 Å². The molecule has 2 rings (SSSR count). The van der Waals surface area contributed by atoms with Gasteiger partial charge < -0.3 is 14.7 Å². The summed E-state index contributed by atoms with van der Waals surface area (Å²) in [5, 5.41) is 8.87. The summed E-state index contributed by atoms with van der Waals surface area (Å²) in [5.74, 6) is -1.34. The van der Waals surface area contributed by atoms with Crippen LogP contribution in [0.25, 0.3) is 0 Å². The minimum atomic E-state index is -1.13. The van der Waals surface area contributed by atoms with Crippen molar-refractivity contribution in [2.75, 3.05) is 13.1 Å². The van der Waals surface area contributed by atoms with E-state index in [1.54, 1.807) is 11.0 Å². The molecule has 1 aliphatic heterocycles.